The number of halogens is 2. The Morgan fingerprint density at radius 2 is 2.24 bits per heavy atom. The average Bonchev–Trinajstić information content (AvgIpc) is 2.78. The van der Waals surface area contributed by atoms with E-state index < -0.39 is 0 Å². The van der Waals surface area contributed by atoms with E-state index in [1.165, 1.54) is 0 Å². The largest absolute Gasteiger partial charge is 0.495 e. The van der Waals surface area contributed by atoms with Crippen LogP contribution in [0.1, 0.15) is 5.56 Å². The zero-order chi connectivity index (χ0) is 12.3. The molecule has 0 fully saturated rings. The van der Waals surface area contributed by atoms with Crippen LogP contribution in [-0.2, 0) is 6.54 Å². The highest BCUT2D eigenvalue weighted by Gasteiger charge is 2.09. The highest BCUT2D eigenvalue weighted by molar-refractivity contribution is 9.11. The van der Waals surface area contributed by atoms with Crippen LogP contribution in [0.5, 0.6) is 5.75 Å². The molecule has 0 spiro atoms. The minimum atomic E-state index is 0.667. The van der Waals surface area contributed by atoms with Crippen molar-refractivity contribution in [3.8, 4) is 5.75 Å². The molecule has 2 rings (SSSR count). The van der Waals surface area contributed by atoms with E-state index in [1.54, 1.807) is 19.5 Å². The van der Waals surface area contributed by atoms with E-state index in [9.17, 15) is 0 Å². The molecule has 0 aliphatic rings. The lowest BCUT2D eigenvalue weighted by Crippen LogP contribution is -2.01. The van der Waals surface area contributed by atoms with Crippen molar-refractivity contribution in [1.82, 2.24) is 10.2 Å². The number of ether oxygens (including phenoxy) is 1. The molecule has 0 saturated carbocycles. The van der Waals surface area contributed by atoms with Gasteiger partial charge in [0.05, 0.1) is 23.5 Å². The van der Waals surface area contributed by atoms with Crippen molar-refractivity contribution >= 4 is 37.5 Å². The number of rotatable bonds is 4. The average molecular weight is 361 g/mol. The second-order valence-electron chi connectivity index (χ2n) is 3.42. The third kappa shape index (κ3) is 3.01. The first-order valence-corrected chi connectivity index (χ1v) is 6.54. The minimum Gasteiger partial charge on any atom is -0.495 e. The second kappa shape index (κ2) is 5.55. The van der Waals surface area contributed by atoms with Crippen LogP contribution in [-0.4, -0.2) is 17.3 Å². The number of hydrogen-bond acceptors (Lipinski definition) is 3. The SMILES string of the molecule is COc1c(Br)cc(Br)cc1CNc1cn[nH]c1. The van der Waals surface area contributed by atoms with Crippen LogP contribution < -0.4 is 10.1 Å². The first kappa shape index (κ1) is 12.4. The number of benzene rings is 1. The Hall–Kier alpha value is -1.01. The molecule has 6 heteroatoms. The molecule has 17 heavy (non-hydrogen) atoms. The van der Waals surface area contributed by atoms with Gasteiger partial charge < -0.3 is 10.1 Å². The molecule has 0 unspecified atom stereocenters. The van der Waals surface area contributed by atoms with Crippen molar-refractivity contribution in [3.05, 3.63) is 39.0 Å². The lowest BCUT2D eigenvalue weighted by molar-refractivity contribution is 0.407. The smallest absolute Gasteiger partial charge is 0.138 e. The lowest BCUT2D eigenvalue weighted by atomic mass is 10.2. The Morgan fingerprint density at radius 1 is 1.41 bits per heavy atom. The molecule has 1 heterocycles. The number of H-pyrrole nitrogens is 1. The Morgan fingerprint density at radius 3 is 2.88 bits per heavy atom. The summed E-state index contributed by atoms with van der Waals surface area (Å²) < 4.78 is 7.31. The Labute approximate surface area is 116 Å². The molecule has 0 aliphatic heterocycles. The zero-order valence-electron chi connectivity index (χ0n) is 9.13. The molecule has 0 amide bonds. The van der Waals surface area contributed by atoms with Gasteiger partial charge in [0.2, 0.25) is 0 Å². The summed E-state index contributed by atoms with van der Waals surface area (Å²) in [6.45, 7) is 0.667. The normalized spacial score (nSPS) is 10.3. The second-order valence-corrected chi connectivity index (χ2v) is 5.19. The summed E-state index contributed by atoms with van der Waals surface area (Å²) >= 11 is 6.94. The standard InChI is InChI=1S/C11H11Br2N3O/c1-17-11-7(2-8(12)3-10(11)13)4-14-9-5-15-16-6-9/h2-3,5-6,14H,4H2,1H3,(H,15,16). The van der Waals surface area contributed by atoms with E-state index >= 15 is 0 Å². The van der Waals surface area contributed by atoms with Crippen molar-refractivity contribution in [1.29, 1.82) is 0 Å². The topological polar surface area (TPSA) is 49.9 Å². The van der Waals surface area contributed by atoms with Crippen molar-refractivity contribution in [2.45, 2.75) is 6.54 Å². The predicted molar refractivity (Wildman–Crippen MR) is 74.3 cm³/mol. The maximum atomic E-state index is 5.37. The van der Waals surface area contributed by atoms with Gasteiger partial charge in [-0.15, -0.1) is 0 Å². The van der Waals surface area contributed by atoms with E-state index in [2.05, 4.69) is 47.4 Å². The number of hydrogen-bond donors (Lipinski definition) is 2. The molecule has 0 bridgehead atoms. The maximum absolute atomic E-state index is 5.37. The number of aromatic amines is 1. The Balaban J connectivity index is 2.19. The van der Waals surface area contributed by atoms with Crippen molar-refractivity contribution in [2.75, 3.05) is 12.4 Å². The molecule has 1 aromatic carbocycles. The Bertz CT molecular complexity index is 500. The summed E-state index contributed by atoms with van der Waals surface area (Å²) in [7, 11) is 1.66. The molecule has 2 N–H and O–H groups in total. The van der Waals surface area contributed by atoms with Gasteiger partial charge in [-0.2, -0.15) is 5.10 Å². The summed E-state index contributed by atoms with van der Waals surface area (Å²) in [6.07, 6.45) is 3.54. The number of anilines is 1. The summed E-state index contributed by atoms with van der Waals surface area (Å²) in [6, 6.07) is 3.98. The molecular weight excluding hydrogens is 350 g/mol. The van der Waals surface area contributed by atoms with Crippen molar-refractivity contribution in [2.24, 2.45) is 0 Å². The quantitative estimate of drug-likeness (QED) is 0.876. The molecular formula is C11H11Br2N3O. The first-order chi connectivity index (χ1) is 8.20. The summed E-state index contributed by atoms with van der Waals surface area (Å²) in [5.41, 5.74) is 2.01. The molecule has 4 nitrogen and oxygen atoms in total. The fourth-order valence-corrected chi connectivity index (χ4v) is 2.99. The molecule has 0 saturated heterocycles. The third-order valence-electron chi connectivity index (χ3n) is 2.27. The molecule has 1 aromatic heterocycles. The number of nitrogens with zero attached hydrogens (tertiary/aromatic N) is 1. The van der Waals surface area contributed by atoms with Crippen molar-refractivity contribution in [3.63, 3.8) is 0 Å². The summed E-state index contributed by atoms with van der Waals surface area (Å²) in [5.74, 6) is 0.837. The van der Waals surface area contributed by atoms with Crippen molar-refractivity contribution < 1.29 is 4.74 Å². The van der Waals surface area contributed by atoms with Gasteiger partial charge in [0, 0.05) is 22.8 Å². The molecule has 0 aliphatic carbocycles. The van der Waals surface area contributed by atoms with Gasteiger partial charge in [-0.3, -0.25) is 5.10 Å². The van der Waals surface area contributed by atoms with Crippen LogP contribution >= 0.6 is 31.9 Å². The summed E-state index contributed by atoms with van der Waals surface area (Å²) in [4.78, 5) is 0. The van der Waals surface area contributed by atoms with Crippen LogP contribution in [0.15, 0.2) is 33.5 Å². The van der Waals surface area contributed by atoms with Crippen LogP contribution in [0.3, 0.4) is 0 Å². The maximum Gasteiger partial charge on any atom is 0.138 e. The predicted octanol–water partition coefficient (Wildman–Crippen LogP) is 3.56. The van der Waals surface area contributed by atoms with Crippen LogP contribution in [0.2, 0.25) is 0 Å². The van der Waals surface area contributed by atoms with E-state index in [0.29, 0.717) is 6.54 Å². The first-order valence-electron chi connectivity index (χ1n) is 4.95. The molecule has 2 aromatic rings. The van der Waals surface area contributed by atoms with Crippen LogP contribution in [0.4, 0.5) is 5.69 Å². The lowest BCUT2D eigenvalue weighted by Gasteiger charge is -2.12. The van der Waals surface area contributed by atoms with E-state index in [4.69, 9.17) is 4.74 Å². The number of nitrogens with one attached hydrogen (secondary N) is 2. The number of methoxy groups -OCH3 is 1. The van der Waals surface area contributed by atoms with Crippen LogP contribution in [0, 0.1) is 0 Å². The van der Waals surface area contributed by atoms with E-state index in [-0.39, 0.29) is 0 Å². The van der Waals surface area contributed by atoms with Crippen LogP contribution in [0.25, 0.3) is 0 Å². The monoisotopic (exact) mass is 359 g/mol. The molecule has 90 valence electrons. The highest BCUT2D eigenvalue weighted by Crippen LogP contribution is 2.33. The fourth-order valence-electron chi connectivity index (χ4n) is 1.52. The molecule has 0 atom stereocenters. The van der Waals surface area contributed by atoms with E-state index in [1.807, 2.05) is 12.1 Å². The van der Waals surface area contributed by atoms with Gasteiger partial charge in [-0.25, -0.2) is 0 Å². The minimum absolute atomic E-state index is 0.667. The zero-order valence-corrected chi connectivity index (χ0v) is 12.3. The Kier molecular flexibility index (Phi) is 4.06. The van der Waals surface area contributed by atoms with Gasteiger partial charge in [0.25, 0.3) is 0 Å². The summed E-state index contributed by atoms with van der Waals surface area (Å²) in [5, 5.41) is 9.88. The fraction of sp³-hybridized carbons (Fsp3) is 0.182. The van der Waals surface area contributed by atoms with Gasteiger partial charge >= 0.3 is 0 Å². The van der Waals surface area contributed by atoms with Gasteiger partial charge in [0.1, 0.15) is 5.75 Å². The highest BCUT2D eigenvalue weighted by atomic mass is 79.9. The number of aromatic nitrogens is 2. The van der Waals surface area contributed by atoms with Gasteiger partial charge in [-0.05, 0) is 28.1 Å². The van der Waals surface area contributed by atoms with E-state index in [0.717, 1.165) is 25.9 Å². The third-order valence-corrected chi connectivity index (χ3v) is 3.32. The molecule has 0 radical (unpaired) electrons. The van der Waals surface area contributed by atoms with Gasteiger partial charge in [0.15, 0.2) is 0 Å². The van der Waals surface area contributed by atoms with Gasteiger partial charge in [-0.1, -0.05) is 15.9 Å².